The van der Waals surface area contributed by atoms with Crippen molar-refractivity contribution in [3.05, 3.63) is 72.8 Å². The number of hydrogen-bond acceptors (Lipinski definition) is 8. The van der Waals surface area contributed by atoms with Crippen molar-refractivity contribution in [2.24, 2.45) is 0 Å². The summed E-state index contributed by atoms with van der Waals surface area (Å²) in [6.45, 7) is 1.98. The first kappa shape index (κ1) is 19.3. The number of H-pyrrole nitrogens is 2. The molecule has 0 amide bonds. The second-order valence-corrected chi connectivity index (χ2v) is 5.77. The minimum Gasteiger partial charge on any atom is -0.344 e. The number of aryl methyl sites for hydroxylation is 1. The van der Waals surface area contributed by atoms with E-state index in [-0.39, 0.29) is 5.69 Å². The Kier molecular flexibility index (Phi) is 5.12. The lowest BCUT2D eigenvalue weighted by atomic mass is 10.2. The molecule has 2 N–H and O–H groups in total. The zero-order chi connectivity index (χ0) is 21.1. The lowest BCUT2D eigenvalue weighted by Gasteiger charge is -1.94. The first-order valence-corrected chi connectivity index (χ1v) is 8.19. The summed E-state index contributed by atoms with van der Waals surface area (Å²) in [5, 5.41) is 31.6. The van der Waals surface area contributed by atoms with E-state index >= 15 is 0 Å². The Morgan fingerprint density at radius 3 is 2.21 bits per heavy atom. The Labute approximate surface area is 160 Å². The van der Waals surface area contributed by atoms with Crippen molar-refractivity contribution in [2.75, 3.05) is 0 Å². The summed E-state index contributed by atoms with van der Waals surface area (Å²) in [5.41, 5.74) is 1.20. The zero-order valence-electron chi connectivity index (χ0n) is 14.9. The number of aromatic nitrogens is 4. The average Bonchev–Trinajstić information content (AvgIpc) is 3.32. The van der Waals surface area contributed by atoms with Gasteiger partial charge in [-0.25, -0.2) is 9.97 Å². The molecule has 2 aromatic heterocycles. The number of aromatic amines is 2. The van der Waals surface area contributed by atoms with Gasteiger partial charge in [0.25, 0.3) is 5.69 Å². The van der Waals surface area contributed by atoms with Crippen LogP contribution in [0.1, 0.15) is 12.7 Å². The average molecular weight is 399 g/mol. The fourth-order valence-electron chi connectivity index (χ4n) is 2.58. The highest BCUT2D eigenvalue weighted by molar-refractivity contribution is 5.82. The Morgan fingerprint density at radius 2 is 1.59 bits per heavy atom. The van der Waals surface area contributed by atoms with Crippen molar-refractivity contribution in [1.82, 2.24) is 19.9 Å². The van der Waals surface area contributed by atoms with Gasteiger partial charge >= 0.3 is 11.4 Å². The van der Waals surface area contributed by atoms with Crippen LogP contribution in [0.3, 0.4) is 0 Å². The van der Waals surface area contributed by atoms with Crippen LogP contribution in [0, 0.1) is 30.3 Å². The third kappa shape index (κ3) is 3.97. The molecule has 4 rings (SSSR count). The van der Waals surface area contributed by atoms with Gasteiger partial charge in [0.05, 0.1) is 49.2 Å². The summed E-state index contributed by atoms with van der Waals surface area (Å²) in [7, 11) is 0. The SMILES string of the molecule is CCc1nc2ccc([N+](=O)[O-])cc2[nH]1.O=[N+]([O-])c1cc2nc[nH]c2cc1[N+](=O)[O-]. The molecular weight excluding hydrogens is 386 g/mol. The van der Waals surface area contributed by atoms with Crippen LogP contribution < -0.4 is 0 Å². The molecule has 13 nitrogen and oxygen atoms in total. The maximum absolute atomic E-state index is 10.6. The Bertz CT molecular complexity index is 1200. The van der Waals surface area contributed by atoms with Crippen molar-refractivity contribution in [1.29, 1.82) is 0 Å². The number of hydrogen-bond donors (Lipinski definition) is 2. The van der Waals surface area contributed by atoms with Gasteiger partial charge in [0, 0.05) is 24.6 Å². The monoisotopic (exact) mass is 399 g/mol. The lowest BCUT2D eigenvalue weighted by molar-refractivity contribution is -0.422. The molecule has 0 atom stereocenters. The van der Waals surface area contributed by atoms with Gasteiger partial charge in [-0.15, -0.1) is 0 Å². The Hall–Kier alpha value is -4.42. The van der Waals surface area contributed by atoms with E-state index in [2.05, 4.69) is 19.9 Å². The van der Waals surface area contributed by atoms with Crippen molar-refractivity contribution in [2.45, 2.75) is 13.3 Å². The summed E-state index contributed by atoms with van der Waals surface area (Å²) >= 11 is 0. The van der Waals surface area contributed by atoms with E-state index in [9.17, 15) is 30.3 Å². The first-order chi connectivity index (χ1) is 13.8. The van der Waals surface area contributed by atoms with E-state index in [1.165, 1.54) is 18.5 Å². The van der Waals surface area contributed by atoms with E-state index in [1.807, 2.05) is 6.92 Å². The summed E-state index contributed by atoms with van der Waals surface area (Å²) in [5.74, 6) is 0.848. The fraction of sp³-hybridized carbons (Fsp3) is 0.125. The van der Waals surface area contributed by atoms with Gasteiger partial charge in [-0.05, 0) is 6.07 Å². The minimum atomic E-state index is -0.799. The number of benzene rings is 2. The lowest BCUT2D eigenvalue weighted by Crippen LogP contribution is -1.96. The van der Waals surface area contributed by atoms with Crippen LogP contribution in [0.5, 0.6) is 0 Å². The van der Waals surface area contributed by atoms with E-state index in [0.717, 1.165) is 35.4 Å². The van der Waals surface area contributed by atoms with E-state index < -0.39 is 26.1 Å². The predicted octanol–water partition coefficient (Wildman–Crippen LogP) is 3.41. The molecule has 0 radical (unpaired) electrons. The minimum absolute atomic E-state index is 0.0869. The molecule has 0 spiro atoms. The molecule has 0 aliphatic carbocycles. The van der Waals surface area contributed by atoms with Crippen molar-refractivity contribution in [3.8, 4) is 0 Å². The fourth-order valence-corrected chi connectivity index (χ4v) is 2.58. The molecule has 0 unspecified atom stereocenters. The van der Waals surface area contributed by atoms with Gasteiger partial charge in [0.1, 0.15) is 5.82 Å². The molecule has 29 heavy (non-hydrogen) atoms. The maximum atomic E-state index is 10.6. The van der Waals surface area contributed by atoms with E-state index in [1.54, 1.807) is 6.07 Å². The van der Waals surface area contributed by atoms with Crippen LogP contribution in [0.2, 0.25) is 0 Å². The van der Waals surface area contributed by atoms with Crippen LogP contribution in [-0.2, 0) is 6.42 Å². The standard InChI is InChI=1S/C9H9N3O2.C7H4N4O4/c1-2-9-10-7-4-3-6(12(13)14)5-8(7)11-9;12-10(13)6-1-4-5(9-3-8-4)2-7(6)11(14)15/h3-5H,2H2,1H3,(H,10,11);1-3H,(H,8,9). The third-order valence-corrected chi connectivity index (χ3v) is 3.97. The van der Waals surface area contributed by atoms with Crippen molar-refractivity contribution in [3.63, 3.8) is 0 Å². The van der Waals surface area contributed by atoms with Gasteiger partial charge in [0.15, 0.2) is 0 Å². The van der Waals surface area contributed by atoms with Crippen LogP contribution in [0.4, 0.5) is 17.1 Å². The number of rotatable bonds is 4. The molecule has 0 saturated carbocycles. The Balaban J connectivity index is 0.000000166. The number of non-ortho nitro benzene ring substituents is 1. The van der Waals surface area contributed by atoms with Crippen LogP contribution in [0.15, 0.2) is 36.7 Å². The number of nitrogens with one attached hydrogen (secondary N) is 2. The van der Waals surface area contributed by atoms with E-state index in [4.69, 9.17) is 0 Å². The molecule has 0 aliphatic rings. The smallest absolute Gasteiger partial charge is 0.344 e. The molecule has 13 heteroatoms. The second kappa shape index (κ2) is 7.67. The quantitative estimate of drug-likeness (QED) is 0.385. The highest BCUT2D eigenvalue weighted by atomic mass is 16.6. The second-order valence-electron chi connectivity index (χ2n) is 5.77. The molecule has 2 aromatic carbocycles. The highest BCUT2D eigenvalue weighted by Gasteiger charge is 2.25. The molecule has 0 saturated heterocycles. The van der Waals surface area contributed by atoms with Crippen molar-refractivity contribution < 1.29 is 14.8 Å². The highest BCUT2D eigenvalue weighted by Crippen LogP contribution is 2.30. The van der Waals surface area contributed by atoms with E-state index in [0.29, 0.717) is 11.0 Å². The third-order valence-electron chi connectivity index (χ3n) is 3.97. The number of nitro benzene ring substituents is 3. The topological polar surface area (TPSA) is 187 Å². The van der Waals surface area contributed by atoms with Gasteiger partial charge in [-0.2, -0.15) is 0 Å². The molecule has 2 heterocycles. The van der Waals surface area contributed by atoms with Crippen LogP contribution in [0.25, 0.3) is 22.1 Å². The number of imidazole rings is 2. The normalized spacial score (nSPS) is 10.5. The summed E-state index contributed by atoms with van der Waals surface area (Å²) < 4.78 is 0. The van der Waals surface area contributed by atoms with Gasteiger partial charge in [0.2, 0.25) is 0 Å². The largest absolute Gasteiger partial charge is 0.348 e. The zero-order valence-corrected chi connectivity index (χ0v) is 14.9. The number of nitrogens with zero attached hydrogens (tertiary/aromatic N) is 5. The molecule has 0 bridgehead atoms. The predicted molar refractivity (Wildman–Crippen MR) is 102 cm³/mol. The van der Waals surface area contributed by atoms with Crippen LogP contribution in [-0.4, -0.2) is 34.7 Å². The van der Waals surface area contributed by atoms with Crippen LogP contribution >= 0.6 is 0 Å². The Morgan fingerprint density at radius 1 is 0.897 bits per heavy atom. The van der Waals surface area contributed by atoms with Gasteiger partial charge < -0.3 is 9.97 Å². The molecule has 148 valence electrons. The first-order valence-electron chi connectivity index (χ1n) is 8.19. The molecule has 4 aromatic rings. The van der Waals surface area contributed by atoms with Gasteiger partial charge in [-0.3, -0.25) is 30.3 Å². The maximum Gasteiger partial charge on any atom is 0.348 e. The molecular formula is C16H13N7O6. The summed E-state index contributed by atoms with van der Waals surface area (Å²) in [6, 6.07) is 6.79. The number of fused-ring (bicyclic) bond motifs is 2. The summed E-state index contributed by atoms with van der Waals surface area (Å²) in [6.07, 6.45) is 2.11. The molecule has 0 fully saturated rings. The molecule has 0 aliphatic heterocycles. The van der Waals surface area contributed by atoms with Crippen molar-refractivity contribution >= 4 is 39.1 Å². The number of nitro groups is 3. The van der Waals surface area contributed by atoms with Gasteiger partial charge in [-0.1, -0.05) is 6.92 Å². The summed E-state index contributed by atoms with van der Waals surface area (Å²) in [4.78, 5) is 43.3.